The SMILES string of the molecule is COc1cc2c(cc1-c1ncnn1C)OCO2. The number of aromatic nitrogens is 3. The highest BCUT2D eigenvalue weighted by molar-refractivity contribution is 5.70. The van der Waals surface area contributed by atoms with E-state index < -0.39 is 0 Å². The Morgan fingerprint density at radius 3 is 2.71 bits per heavy atom. The number of rotatable bonds is 2. The van der Waals surface area contributed by atoms with Crippen LogP contribution in [0.5, 0.6) is 17.2 Å². The molecule has 2 heterocycles. The predicted octanol–water partition coefficient (Wildman–Crippen LogP) is 1.22. The average molecular weight is 233 g/mol. The van der Waals surface area contributed by atoms with Crippen molar-refractivity contribution < 1.29 is 14.2 Å². The van der Waals surface area contributed by atoms with Crippen molar-refractivity contribution in [2.24, 2.45) is 7.05 Å². The summed E-state index contributed by atoms with van der Waals surface area (Å²) >= 11 is 0. The molecular weight excluding hydrogens is 222 g/mol. The van der Waals surface area contributed by atoms with Crippen molar-refractivity contribution in [3.8, 4) is 28.6 Å². The Balaban J connectivity index is 2.19. The molecule has 0 aliphatic carbocycles. The molecule has 17 heavy (non-hydrogen) atoms. The number of benzene rings is 1. The lowest BCUT2D eigenvalue weighted by Gasteiger charge is -2.08. The maximum absolute atomic E-state index is 5.34. The van der Waals surface area contributed by atoms with Gasteiger partial charge in [0.2, 0.25) is 6.79 Å². The van der Waals surface area contributed by atoms with Gasteiger partial charge in [-0.3, -0.25) is 0 Å². The molecule has 6 nitrogen and oxygen atoms in total. The Labute approximate surface area is 97.7 Å². The summed E-state index contributed by atoms with van der Waals surface area (Å²) in [6.07, 6.45) is 1.50. The lowest BCUT2D eigenvalue weighted by atomic mass is 10.1. The molecule has 1 aliphatic rings. The number of aryl methyl sites for hydroxylation is 1. The third kappa shape index (κ3) is 1.49. The van der Waals surface area contributed by atoms with Crippen LogP contribution in [0.4, 0.5) is 0 Å². The van der Waals surface area contributed by atoms with Gasteiger partial charge >= 0.3 is 0 Å². The maximum atomic E-state index is 5.34. The first-order valence-corrected chi connectivity index (χ1v) is 5.11. The fraction of sp³-hybridized carbons (Fsp3) is 0.273. The van der Waals surface area contributed by atoms with E-state index in [0.29, 0.717) is 17.2 Å². The number of nitrogens with zero attached hydrogens (tertiary/aromatic N) is 3. The van der Waals surface area contributed by atoms with Crippen LogP contribution in [0.1, 0.15) is 0 Å². The second-order valence-electron chi connectivity index (χ2n) is 3.61. The van der Waals surface area contributed by atoms with Crippen LogP contribution in [0.15, 0.2) is 18.5 Å². The molecule has 1 aliphatic heterocycles. The Kier molecular flexibility index (Phi) is 2.14. The Bertz CT molecular complexity index is 565. The zero-order valence-electron chi connectivity index (χ0n) is 9.51. The normalized spacial score (nSPS) is 12.8. The fourth-order valence-electron chi connectivity index (χ4n) is 1.81. The van der Waals surface area contributed by atoms with Crippen molar-refractivity contribution in [1.82, 2.24) is 14.8 Å². The van der Waals surface area contributed by atoms with Gasteiger partial charge in [-0.2, -0.15) is 5.10 Å². The summed E-state index contributed by atoms with van der Waals surface area (Å²) in [6.45, 7) is 0.237. The average Bonchev–Trinajstić information content (AvgIpc) is 2.94. The highest BCUT2D eigenvalue weighted by Crippen LogP contribution is 2.41. The molecule has 6 heteroatoms. The molecule has 1 aromatic heterocycles. The summed E-state index contributed by atoms with van der Waals surface area (Å²) in [7, 11) is 3.43. The van der Waals surface area contributed by atoms with E-state index in [-0.39, 0.29) is 6.79 Å². The van der Waals surface area contributed by atoms with Crippen molar-refractivity contribution in [1.29, 1.82) is 0 Å². The first-order valence-electron chi connectivity index (χ1n) is 5.11. The molecule has 3 rings (SSSR count). The van der Waals surface area contributed by atoms with E-state index in [0.717, 1.165) is 11.4 Å². The predicted molar refractivity (Wildman–Crippen MR) is 59.1 cm³/mol. The zero-order chi connectivity index (χ0) is 11.8. The zero-order valence-corrected chi connectivity index (χ0v) is 9.51. The second-order valence-corrected chi connectivity index (χ2v) is 3.61. The van der Waals surface area contributed by atoms with Crippen LogP contribution < -0.4 is 14.2 Å². The van der Waals surface area contributed by atoms with Gasteiger partial charge in [0.05, 0.1) is 12.7 Å². The molecule has 0 spiro atoms. The molecule has 0 amide bonds. The Morgan fingerprint density at radius 1 is 1.29 bits per heavy atom. The van der Waals surface area contributed by atoms with Crippen molar-refractivity contribution in [2.45, 2.75) is 0 Å². The highest BCUT2D eigenvalue weighted by atomic mass is 16.7. The molecule has 0 fully saturated rings. The van der Waals surface area contributed by atoms with E-state index in [1.807, 2.05) is 13.1 Å². The molecule has 0 atom stereocenters. The van der Waals surface area contributed by atoms with Crippen LogP contribution in [-0.2, 0) is 7.05 Å². The van der Waals surface area contributed by atoms with Gasteiger partial charge in [0.1, 0.15) is 12.1 Å². The first-order chi connectivity index (χ1) is 8.29. The molecule has 0 saturated carbocycles. The molecule has 2 aromatic rings. The minimum atomic E-state index is 0.237. The van der Waals surface area contributed by atoms with Crippen LogP contribution in [0, 0.1) is 0 Å². The monoisotopic (exact) mass is 233 g/mol. The molecule has 0 N–H and O–H groups in total. The van der Waals surface area contributed by atoms with Crippen LogP contribution in [0.25, 0.3) is 11.4 Å². The summed E-state index contributed by atoms with van der Waals surface area (Å²) < 4.78 is 17.7. The third-order valence-electron chi connectivity index (χ3n) is 2.65. The van der Waals surface area contributed by atoms with Gasteiger partial charge in [-0.1, -0.05) is 0 Å². The first kappa shape index (κ1) is 9.95. The van der Waals surface area contributed by atoms with Crippen molar-refractivity contribution in [3.63, 3.8) is 0 Å². The van der Waals surface area contributed by atoms with E-state index in [1.165, 1.54) is 6.33 Å². The lowest BCUT2D eigenvalue weighted by molar-refractivity contribution is 0.174. The summed E-state index contributed by atoms with van der Waals surface area (Å²) in [4.78, 5) is 4.20. The van der Waals surface area contributed by atoms with Crippen LogP contribution in [-0.4, -0.2) is 28.7 Å². The van der Waals surface area contributed by atoms with Gasteiger partial charge in [0.25, 0.3) is 0 Å². The Morgan fingerprint density at radius 2 is 2.06 bits per heavy atom. The lowest BCUT2D eigenvalue weighted by Crippen LogP contribution is -1.97. The van der Waals surface area contributed by atoms with Gasteiger partial charge < -0.3 is 14.2 Å². The maximum Gasteiger partial charge on any atom is 0.231 e. The van der Waals surface area contributed by atoms with E-state index >= 15 is 0 Å². The molecule has 0 radical (unpaired) electrons. The molecule has 0 saturated heterocycles. The van der Waals surface area contributed by atoms with E-state index in [2.05, 4.69) is 10.1 Å². The minimum absolute atomic E-state index is 0.237. The molecule has 0 bridgehead atoms. The van der Waals surface area contributed by atoms with Gasteiger partial charge in [-0.05, 0) is 6.07 Å². The van der Waals surface area contributed by atoms with Gasteiger partial charge in [0, 0.05) is 13.1 Å². The number of ether oxygens (including phenoxy) is 3. The number of methoxy groups -OCH3 is 1. The molecule has 1 aromatic carbocycles. The van der Waals surface area contributed by atoms with Crippen molar-refractivity contribution in [3.05, 3.63) is 18.5 Å². The van der Waals surface area contributed by atoms with Gasteiger partial charge in [0.15, 0.2) is 17.3 Å². The van der Waals surface area contributed by atoms with Crippen molar-refractivity contribution in [2.75, 3.05) is 13.9 Å². The van der Waals surface area contributed by atoms with Crippen LogP contribution >= 0.6 is 0 Å². The second kappa shape index (κ2) is 3.65. The van der Waals surface area contributed by atoms with Crippen molar-refractivity contribution >= 4 is 0 Å². The van der Waals surface area contributed by atoms with E-state index in [4.69, 9.17) is 14.2 Å². The number of hydrogen-bond donors (Lipinski definition) is 0. The molecule has 0 unspecified atom stereocenters. The minimum Gasteiger partial charge on any atom is -0.496 e. The van der Waals surface area contributed by atoms with E-state index in [1.54, 1.807) is 17.9 Å². The number of fused-ring (bicyclic) bond motifs is 1. The van der Waals surface area contributed by atoms with Crippen LogP contribution in [0.3, 0.4) is 0 Å². The van der Waals surface area contributed by atoms with E-state index in [9.17, 15) is 0 Å². The van der Waals surface area contributed by atoms with Crippen LogP contribution in [0.2, 0.25) is 0 Å². The quantitative estimate of drug-likeness (QED) is 0.780. The molecule has 88 valence electrons. The largest absolute Gasteiger partial charge is 0.496 e. The fourth-order valence-corrected chi connectivity index (χ4v) is 1.81. The highest BCUT2D eigenvalue weighted by Gasteiger charge is 2.20. The molecular formula is C11H11N3O3. The topological polar surface area (TPSA) is 58.4 Å². The summed E-state index contributed by atoms with van der Waals surface area (Å²) in [6, 6.07) is 3.65. The number of hydrogen-bond acceptors (Lipinski definition) is 5. The third-order valence-corrected chi connectivity index (χ3v) is 2.65. The van der Waals surface area contributed by atoms with Gasteiger partial charge in [-0.25, -0.2) is 9.67 Å². The van der Waals surface area contributed by atoms with Gasteiger partial charge in [-0.15, -0.1) is 0 Å². The summed E-state index contributed by atoms with van der Waals surface area (Å²) in [5.74, 6) is 2.79. The standard InChI is InChI=1S/C11H11N3O3/c1-14-11(12-5-13-14)7-3-9-10(17-6-16-9)4-8(7)15-2/h3-5H,6H2,1-2H3. The summed E-state index contributed by atoms with van der Waals surface area (Å²) in [5.41, 5.74) is 0.830. The smallest absolute Gasteiger partial charge is 0.231 e. The Hall–Kier alpha value is -2.24. The summed E-state index contributed by atoms with van der Waals surface area (Å²) in [5, 5.41) is 4.04.